The Morgan fingerprint density at radius 3 is 2.56 bits per heavy atom. The summed E-state index contributed by atoms with van der Waals surface area (Å²) in [6.07, 6.45) is -3.17. The molecule has 0 amide bonds. The Morgan fingerprint density at radius 1 is 1.28 bits per heavy atom. The number of alkyl halides is 3. The first-order valence-electron chi connectivity index (χ1n) is 5.03. The molecular formula is C11H9BrF3N3. The molecule has 96 valence electrons. The van der Waals surface area contributed by atoms with Crippen LogP contribution in [0.4, 0.5) is 13.2 Å². The number of halogens is 4. The maximum atomic E-state index is 12.5. The van der Waals surface area contributed by atoms with Gasteiger partial charge in [-0.2, -0.15) is 18.3 Å². The summed E-state index contributed by atoms with van der Waals surface area (Å²) in [4.78, 5) is 0. The van der Waals surface area contributed by atoms with E-state index in [0.717, 1.165) is 10.5 Å². The van der Waals surface area contributed by atoms with E-state index < -0.39 is 11.9 Å². The van der Waals surface area contributed by atoms with Crippen LogP contribution in [0.3, 0.4) is 0 Å². The molecule has 18 heavy (non-hydrogen) atoms. The number of nitrogens with two attached hydrogens (primary N) is 1. The molecule has 0 saturated heterocycles. The SMILES string of the molecule is NCc1cc(Br)ccc1-n1ccc(C(F)(F)F)n1. The highest BCUT2D eigenvalue weighted by Gasteiger charge is 2.33. The third kappa shape index (κ3) is 2.56. The molecule has 1 heterocycles. The van der Waals surface area contributed by atoms with Crippen molar-refractivity contribution in [3.05, 3.63) is 46.2 Å². The topological polar surface area (TPSA) is 43.8 Å². The molecule has 0 radical (unpaired) electrons. The Balaban J connectivity index is 2.46. The van der Waals surface area contributed by atoms with E-state index in [-0.39, 0.29) is 6.54 Å². The summed E-state index contributed by atoms with van der Waals surface area (Å²) < 4.78 is 39.4. The summed E-state index contributed by atoms with van der Waals surface area (Å²) in [5.74, 6) is 0. The van der Waals surface area contributed by atoms with Gasteiger partial charge in [0, 0.05) is 17.2 Å². The van der Waals surface area contributed by atoms with Gasteiger partial charge in [0.2, 0.25) is 0 Å². The molecule has 0 unspecified atom stereocenters. The Morgan fingerprint density at radius 2 is 2.00 bits per heavy atom. The minimum absolute atomic E-state index is 0.218. The van der Waals surface area contributed by atoms with Crippen molar-refractivity contribution in [2.45, 2.75) is 12.7 Å². The molecule has 0 spiro atoms. The van der Waals surface area contributed by atoms with Crippen molar-refractivity contribution in [3.8, 4) is 5.69 Å². The summed E-state index contributed by atoms with van der Waals surface area (Å²) in [7, 11) is 0. The van der Waals surface area contributed by atoms with Crippen LogP contribution in [0.1, 0.15) is 11.3 Å². The minimum atomic E-state index is -4.44. The first-order chi connectivity index (χ1) is 8.41. The zero-order chi connectivity index (χ0) is 13.3. The van der Waals surface area contributed by atoms with Crippen molar-refractivity contribution in [2.75, 3.05) is 0 Å². The summed E-state index contributed by atoms with van der Waals surface area (Å²) >= 11 is 3.28. The third-order valence-corrected chi connectivity index (χ3v) is 2.88. The molecule has 0 aliphatic heterocycles. The van der Waals surface area contributed by atoms with E-state index >= 15 is 0 Å². The number of benzene rings is 1. The van der Waals surface area contributed by atoms with Crippen LogP contribution in [0.25, 0.3) is 5.69 Å². The lowest BCUT2D eigenvalue weighted by Gasteiger charge is -2.08. The molecule has 2 rings (SSSR count). The summed E-state index contributed by atoms with van der Waals surface area (Å²) in [5.41, 5.74) is 5.89. The molecule has 0 aliphatic rings. The molecule has 1 aromatic carbocycles. The fourth-order valence-electron chi connectivity index (χ4n) is 1.55. The van der Waals surface area contributed by atoms with E-state index in [1.165, 1.54) is 10.9 Å². The van der Waals surface area contributed by atoms with Crippen molar-refractivity contribution in [2.24, 2.45) is 5.73 Å². The maximum Gasteiger partial charge on any atom is 0.435 e. The zero-order valence-corrected chi connectivity index (χ0v) is 10.7. The second-order valence-electron chi connectivity index (χ2n) is 3.62. The monoisotopic (exact) mass is 319 g/mol. The van der Waals surface area contributed by atoms with Gasteiger partial charge in [0.1, 0.15) is 0 Å². The number of rotatable bonds is 2. The van der Waals surface area contributed by atoms with Crippen LogP contribution in [0.2, 0.25) is 0 Å². The maximum absolute atomic E-state index is 12.5. The van der Waals surface area contributed by atoms with Gasteiger partial charge in [-0.05, 0) is 29.8 Å². The summed E-state index contributed by atoms with van der Waals surface area (Å²) in [6.45, 7) is 0.218. The Kier molecular flexibility index (Phi) is 3.45. The fourth-order valence-corrected chi connectivity index (χ4v) is 1.96. The molecule has 3 nitrogen and oxygen atoms in total. The molecule has 0 atom stereocenters. The molecule has 2 aromatic rings. The molecular weight excluding hydrogens is 311 g/mol. The summed E-state index contributed by atoms with van der Waals surface area (Å²) in [5, 5.41) is 3.51. The minimum Gasteiger partial charge on any atom is -0.326 e. The van der Waals surface area contributed by atoms with Crippen LogP contribution in [0.15, 0.2) is 34.9 Å². The fraction of sp³-hybridized carbons (Fsp3) is 0.182. The highest BCUT2D eigenvalue weighted by atomic mass is 79.9. The molecule has 1 aromatic heterocycles. The van der Waals surface area contributed by atoms with Gasteiger partial charge in [-0.15, -0.1) is 0 Å². The van der Waals surface area contributed by atoms with Gasteiger partial charge >= 0.3 is 6.18 Å². The van der Waals surface area contributed by atoms with Crippen LogP contribution >= 0.6 is 15.9 Å². The number of aromatic nitrogens is 2. The van der Waals surface area contributed by atoms with Gasteiger partial charge < -0.3 is 5.73 Å². The standard InChI is InChI=1S/C11H9BrF3N3/c12-8-1-2-9(7(5-8)6-16)18-4-3-10(17-18)11(13,14)15/h1-5H,6,16H2. The van der Waals surface area contributed by atoms with E-state index in [1.807, 2.05) is 0 Å². The van der Waals surface area contributed by atoms with Gasteiger partial charge in [-0.25, -0.2) is 4.68 Å². The van der Waals surface area contributed by atoms with E-state index in [9.17, 15) is 13.2 Å². The van der Waals surface area contributed by atoms with Gasteiger partial charge in [-0.1, -0.05) is 15.9 Å². The quantitative estimate of drug-likeness (QED) is 0.924. The van der Waals surface area contributed by atoms with Crippen LogP contribution < -0.4 is 5.73 Å². The second kappa shape index (κ2) is 4.74. The van der Waals surface area contributed by atoms with Crippen LogP contribution in [0, 0.1) is 0 Å². The lowest BCUT2D eigenvalue weighted by Crippen LogP contribution is -2.09. The smallest absolute Gasteiger partial charge is 0.326 e. The lowest BCUT2D eigenvalue weighted by molar-refractivity contribution is -0.141. The van der Waals surface area contributed by atoms with E-state index in [1.54, 1.807) is 18.2 Å². The number of hydrogen-bond acceptors (Lipinski definition) is 2. The van der Waals surface area contributed by atoms with Crippen molar-refractivity contribution in [1.29, 1.82) is 0 Å². The predicted molar refractivity (Wildman–Crippen MR) is 64.2 cm³/mol. The average Bonchev–Trinajstić information content (AvgIpc) is 2.77. The van der Waals surface area contributed by atoms with Gasteiger partial charge in [0.25, 0.3) is 0 Å². The predicted octanol–water partition coefficient (Wildman–Crippen LogP) is 3.11. The Labute approximate surface area is 110 Å². The molecule has 0 saturated carbocycles. The highest BCUT2D eigenvalue weighted by molar-refractivity contribution is 9.10. The normalized spacial score (nSPS) is 11.8. The summed E-state index contributed by atoms with van der Waals surface area (Å²) in [6, 6.07) is 6.08. The van der Waals surface area contributed by atoms with E-state index in [4.69, 9.17) is 5.73 Å². The van der Waals surface area contributed by atoms with Crippen molar-refractivity contribution in [1.82, 2.24) is 9.78 Å². The van der Waals surface area contributed by atoms with E-state index in [2.05, 4.69) is 21.0 Å². The van der Waals surface area contributed by atoms with Crippen molar-refractivity contribution in [3.63, 3.8) is 0 Å². The van der Waals surface area contributed by atoms with Gasteiger partial charge in [-0.3, -0.25) is 0 Å². The Hall–Kier alpha value is -1.34. The molecule has 2 N–H and O–H groups in total. The van der Waals surface area contributed by atoms with Crippen LogP contribution in [-0.4, -0.2) is 9.78 Å². The van der Waals surface area contributed by atoms with E-state index in [0.29, 0.717) is 11.3 Å². The highest BCUT2D eigenvalue weighted by Crippen LogP contribution is 2.28. The zero-order valence-electron chi connectivity index (χ0n) is 9.08. The van der Waals surface area contributed by atoms with Gasteiger partial charge in [0.05, 0.1) is 5.69 Å². The third-order valence-electron chi connectivity index (χ3n) is 2.39. The first-order valence-corrected chi connectivity index (χ1v) is 5.83. The largest absolute Gasteiger partial charge is 0.435 e. The van der Waals surface area contributed by atoms with Gasteiger partial charge in [0.15, 0.2) is 5.69 Å². The lowest BCUT2D eigenvalue weighted by atomic mass is 10.2. The van der Waals surface area contributed by atoms with Crippen molar-refractivity contribution >= 4 is 15.9 Å². The van der Waals surface area contributed by atoms with Crippen LogP contribution in [-0.2, 0) is 12.7 Å². The number of nitrogens with zero attached hydrogens (tertiary/aromatic N) is 2. The average molecular weight is 320 g/mol. The first kappa shape index (κ1) is 13.1. The molecule has 0 bridgehead atoms. The van der Waals surface area contributed by atoms with Crippen molar-refractivity contribution < 1.29 is 13.2 Å². The molecule has 0 aliphatic carbocycles. The molecule has 0 fully saturated rings. The second-order valence-corrected chi connectivity index (χ2v) is 4.54. The number of hydrogen-bond donors (Lipinski definition) is 1. The Bertz CT molecular complexity index is 563. The van der Waals surface area contributed by atoms with Crippen LogP contribution in [0.5, 0.6) is 0 Å². The molecule has 7 heteroatoms.